The van der Waals surface area contributed by atoms with E-state index in [1.165, 1.54) is 18.2 Å². The molecule has 1 aromatic heterocycles. The molecule has 0 aliphatic heterocycles. The zero-order valence-corrected chi connectivity index (χ0v) is 12.6. The molecule has 1 amide bonds. The number of carbonyl (C=O) groups is 1. The zero-order valence-electron chi connectivity index (χ0n) is 11.0. The number of aliphatic hydroxyl groups is 1. The van der Waals surface area contributed by atoms with E-state index in [1.54, 1.807) is 0 Å². The van der Waals surface area contributed by atoms with Crippen LogP contribution in [0.1, 0.15) is 23.3 Å². The van der Waals surface area contributed by atoms with Crippen molar-refractivity contribution in [3.05, 3.63) is 63.9 Å². The highest BCUT2D eigenvalue weighted by Crippen LogP contribution is 2.31. The highest BCUT2D eigenvalue weighted by molar-refractivity contribution is 9.10. The summed E-state index contributed by atoms with van der Waals surface area (Å²) >= 11 is 3.06. The van der Waals surface area contributed by atoms with E-state index in [0.29, 0.717) is 0 Å². The lowest BCUT2D eigenvalue weighted by Gasteiger charge is -2.24. The average Bonchev–Trinajstić information content (AvgIpc) is 2.47. The Bertz CT molecular complexity index is 682. The minimum Gasteiger partial charge on any atom is -0.465 e. The smallest absolute Gasteiger partial charge is 0.405 e. The van der Waals surface area contributed by atoms with Crippen molar-refractivity contribution < 1.29 is 23.8 Å². The maximum Gasteiger partial charge on any atom is 0.405 e. The summed E-state index contributed by atoms with van der Waals surface area (Å²) in [7, 11) is 0. The van der Waals surface area contributed by atoms with E-state index in [2.05, 4.69) is 26.2 Å². The Hall–Kier alpha value is -2.06. The molecular weight excluding hydrogens is 362 g/mol. The molecule has 2 atom stereocenters. The van der Waals surface area contributed by atoms with Crippen LogP contribution in [0.15, 0.2) is 41.1 Å². The van der Waals surface area contributed by atoms with Crippen LogP contribution in [0.25, 0.3) is 0 Å². The number of halogens is 3. The normalized spacial score (nSPS) is 13.5. The molecule has 0 radical (unpaired) electrons. The van der Waals surface area contributed by atoms with Gasteiger partial charge < -0.3 is 15.5 Å². The highest BCUT2D eigenvalue weighted by Gasteiger charge is 2.27. The number of nitrogens with zero attached hydrogens (tertiary/aromatic N) is 1. The first-order valence-corrected chi connectivity index (χ1v) is 6.91. The summed E-state index contributed by atoms with van der Waals surface area (Å²) in [6, 6.07) is 4.82. The molecule has 1 heterocycles. The largest absolute Gasteiger partial charge is 0.465 e. The zero-order chi connectivity index (χ0) is 16.3. The number of aromatic nitrogens is 1. The van der Waals surface area contributed by atoms with Gasteiger partial charge in [0.2, 0.25) is 0 Å². The van der Waals surface area contributed by atoms with E-state index >= 15 is 0 Å². The van der Waals surface area contributed by atoms with Gasteiger partial charge in [-0.15, -0.1) is 0 Å². The fourth-order valence-electron chi connectivity index (χ4n) is 1.98. The minimum atomic E-state index is -1.43. The predicted molar refractivity (Wildman–Crippen MR) is 77.2 cm³/mol. The van der Waals surface area contributed by atoms with Crippen molar-refractivity contribution in [3.63, 3.8) is 0 Å². The SMILES string of the molecule is O=C(O)N[C@H](c1cc(Br)ncc1F)[C@@H](O)c1ccc(F)cc1. The van der Waals surface area contributed by atoms with Crippen LogP contribution >= 0.6 is 15.9 Å². The van der Waals surface area contributed by atoms with Crippen molar-refractivity contribution in [1.82, 2.24) is 10.3 Å². The topological polar surface area (TPSA) is 82.5 Å². The fourth-order valence-corrected chi connectivity index (χ4v) is 2.33. The Balaban J connectivity index is 2.43. The second kappa shape index (κ2) is 6.80. The number of benzene rings is 1. The summed E-state index contributed by atoms with van der Waals surface area (Å²) in [6.45, 7) is 0. The molecule has 116 valence electrons. The Morgan fingerprint density at radius 3 is 2.50 bits per heavy atom. The molecule has 0 bridgehead atoms. The number of rotatable bonds is 4. The second-order valence-corrected chi connectivity index (χ2v) is 5.26. The van der Waals surface area contributed by atoms with E-state index in [9.17, 15) is 18.7 Å². The van der Waals surface area contributed by atoms with Crippen LogP contribution in [0.5, 0.6) is 0 Å². The standard InChI is InChI=1S/C14H11BrF2N2O3/c15-11-5-9(10(17)6-18-11)12(19-14(21)22)13(20)7-1-3-8(16)4-2-7/h1-6,12-13,19-20H,(H,21,22)/t12-,13+/m1/s1. The highest BCUT2D eigenvalue weighted by atomic mass is 79.9. The summed E-state index contributed by atoms with van der Waals surface area (Å²) in [5.74, 6) is -1.28. The van der Waals surface area contributed by atoms with Crippen LogP contribution in [0, 0.1) is 11.6 Å². The summed E-state index contributed by atoms with van der Waals surface area (Å²) in [6.07, 6.45) is -1.92. The van der Waals surface area contributed by atoms with Gasteiger partial charge in [0.15, 0.2) is 0 Å². The molecule has 2 aromatic rings. The molecule has 0 spiro atoms. The molecule has 0 fully saturated rings. The third-order valence-corrected chi connectivity index (χ3v) is 3.43. The molecule has 3 N–H and O–H groups in total. The summed E-state index contributed by atoms with van der Waals surface area (Å²) < 4.78 is 27.1. The molecular formula is C14H11BrF2N2O3. The van der Waals surface area contributed by atoms with Gasteiger partial charge in [0.25, 0.3) is 0 Å². The Morgan fingerprint density at radius 2 is 1.91 bits per heavy atom. The number of pyridine rings is 1. The second-order valence-electron chi connectivity index (χ2n) is 4.45. The number of hydrogen-bond acceptors (Lipinski definition) is 3. The van der Waals surface area contributed by atoms with Gasteiger partial charge >= 0.3 is 6.09 Å². The van der Waals surface area contributed by atoms with Crippen LogP contribution in [-0.2, 0) is 0 Å². The van der Waals surface area contributed by atoms with Crippen molar-refractivity contribution in [1.29, 1.82) is 0 Å². The molecule has 0 aliphatic carbocycles. The molecule has 22 heavy (non-hydrogen) atoms. The first-order chi connectivity index (χ1) is 10.4. The van der Waals surface area contributed by atoms with Crippen molar-refractivity contribution in [2.45, 2.75) is 12.1 Å². The minimum absolute atomic E-state index is 0.0823. The molecule has 0 saturated carbocycles. The molecule has 0 aliphatic rings. The number of amides is 1. The van der Waals surface area contributed by atoms with Gasteiger partial charge in [-0.2, -0.15) is 0 Å². The summed E-state index contributed by atoms with van der Waals surface area (Å²) in [5.41, 5.74) is 0.161. The third-order valence-electron chi connectivity index (χ3n) is 2.99. The molecule has 2 rings (SSSR count). The van der Waals surface area contributed by atoms with Crippen LogP contribution in [0.4, 0.5) is 13.6 Å². The molecule has 0 unspecified atom stereocenters. The Morgan fingerprint density at radius 1 is 1.27 bits per heavy atom. The van der Waals surface area contributed by atoms with E-state index in [0.717, 1.165) is 18.3 Å². The number of nitrogens with one attached hydrogen (secondary N) is 1. The van der Waals surface area contributed by atoms with Gasteiger partial charge in [-0.05, 0) is 39.7 Å². The quantitative estimate of drug-likeness (QED) is 0.719. The van der Waals surface area contributed by atoms with Crippen LogP contribution in [0.2, 0.25) is 0 Å². The van der Waals surface area contributed by atoms with Gasteiger partial charge in [0.05, 0.1) is 12.2 Å². The van der Waals surface area contributed by atoms with Gasteiger partial charge in [0.1, 0.15) is 22.3 Å². The van der Waals surface area contributed by atoms with Crippen molar-refractivity contribution >= 4 is 22.0 Å². The fraction of sp³-hybridized carbons (Fsp3) is 0.143. The lowest BCUT2D eigenvalue weighted by Crippen LogP contribution is -2.32. The first-order valence-electron chi connectivity index (χ1n) is 6.12. The van der Waals surface area contributed by atoms with E-state index < -0.39 is 29.9 Å². The molecule has 8 heteroatoms. The summed E-state index contributed by atoms with van der Waals surface area (Å²) in [5, 5.41) is 21.3. The third kappa shape index (κ3) is 3.77. The molecule has 5 nitrogen and oxygen atoms in total. The van der Waals surface area contributed by atoms with Gasteiger partial charge in [0, 0.05) is 5.56 Å². The number of carboxylic acid groups (broad SMARTS) is 1. The van der Waals surface area contributed by atoms with Crippen LogP contribution < -0.4 is 5.32 Å². The van der Waals surface area contributed by atoms with Gasteiger partial charge in [-0.25, -0.2) is 18.6 Å². The first kappa shape index (κ1) is 16.3. The van der Waals surface area contributed by atoms with Crippen molar-refractivity contribution in [3.8, 4) is 0 Å². The monoisotopic (exact) mass is 372 g/mol. The van der Waals surface area contributed by atoms with E-state index in [-0.39, 0.29) is 15.7 Å². The van der Waals surface area contributed by atoms with Crippen LogP contribution in [0.3, 0.4) is 0 Å². The van der Waals surface area contributed by atoms with E-state index in [1.807, 2.05) is 0 Å². The maximum absolute atomic E-state index is 13.9. The predicted octanol–water partition coefficient (Wildman–Crippen LogP) is 3.16. The van der Waals surface area contributed by atoms with Gasteiger partial charge in [-0.3, -0.25) is 0 Å². The summed E-state index contributed by atoms with van der Waals surface area (Å²) in [4.78, 5) is 14.6. The maximum atomic E-state index is 13.9. The van der Waals surface area contributed by atoms with E-state index in [4.69, 9.17) is 5.11 Å². The number of aliphatic hydroxyl groups excluding tert-OH is 1. The molecule has 0 saturated heterocycles. The Labute approximate surface area is 132 Å². The number of hydrogen-bond donors (Lipinski definition) is 3. The van der Waals surface area contributed by atoms with Crippen LogP contribution in [-0.4, -0.2) is 21.3 Å². The van der Waals surface area contributed by atoms with Crippen molar-refractivity contribution in [2.24, 2.45) is 0 Å². The average molecular weight is 373 g/mol. The van der Waals surface area contributed by atoms with Gasteiger partial charge in [-0.1, -0.05) is 12.1 Å². The van der Waals surface area contributed by atoms with Crippen molar-refractivity contribution in [2.75, 3.05) is 0 Å². The Kier molecular flexibility index (Phi) is 5.04. The molecule has 1 aromatic carbocycles. The lowest BCUT2D eigenvalue weighted by molar-refractivity contribution is 0.119. The lowest BCUT2D eigenvalue weighted by atomic mass is 9.96.